The fraction of sp³-hybridized carbons (Fsp3) is 0.889. The molecular weight excluding hydrogens is 232 g/mol. The smallest absolute Gasteiger partial charge is 0.0754 e. The molecule has 0 bridgehead atoms. The fourth-order valence-electron chi connectivity index (χ4n) is 3.62. The Balaban J connectivity index is 2.67. The average molecular weight is 266 g/mol. The van der Waals surface area contributed by atoms with Gasteiger partial charge < -0.3 is 5.11 Å². The number of allylic oxidation sites excluding steroid dienone is 1. The molecule has 0 spiro atoms. The van der Waals surface area contributed by atoms with E-state index in [-0.39, 0.29) is 6.10 Å². The molecule has 1 aliphatic carbocycles. The molecule has 0 aliphatic heterocycles. The Morgan fingerprint density at radius 3 is 2.53 bits per heavy atom. The zero-order valence-electron chi connectivity index (χ0n) is 13.7. The zero-order chi connectivity index (χ0) is 14.4. The van der Waals surface area contributed by atoms with Crippen molar-refractivity contribution in [1.82, 2.24) is 0 Å². The van der Waals surface area contributed by atoms with E-state index in [1.165, 1.54) is 37.7 Å². The first kappa shape index (κ1) is 16.8. The molecule has 1 aliphatic rings. The second-order valence-electron chi connectivity index (χ2n) is 7.10. The van der Waals surface area contributed by atoms with Crippen molar-refractivity contribution in [2.45, 2.75) is 79.2 Å². The third kappa shape index (κ3) is 5.30. The predicted molar refractivity (Wildman–Crippen MR) is 84.1 cm³/mol. The summed E-state index contributed by atoms with van der Waals surface area (Å²) < 4.78 is 0. The molecule has 1 saturated carbocycles. The quantitative estimate of drug-likeness (QED) is 0.656. The van der Waals surface area contributed by atoms with Crippen molar-refractivity contribution < 1.29 is 5.11 Å². The lowest BCUT2D eigenvalue weighted by atomic mass is 9.68. The molecule has 1 fully saturated rings. The van der Waals surface area contributed by atoms with Crippen molar-refractivity contribution in [3.63, 3.8) is 0 Å². The first-order chi connectivity index (χ1) is 8.95. The Hall–Kier alpha value is -0.300. The van der Waals surface area contributed by atoms with Crippen molar-refractivity contribution in [2.75, 3.05) is 0 Å². The van der Waals surface area contributed by atoms with Gasteiger partial charge in [0.05, 0.1) is 6.10 Å². The van der Waals surface area contributed by atoms with E-state index in [9.17, 15) is 5.11 Å². The minimum atomic E-state index is -0.230. The minimum Gasteiger partial charge on any atom is -0.389 e. The van der Waals surface area contributed by atoms with Crippen LogP contribution in [-0.2, 0) is 0 Å². The van der Waals surface area contributed by atoms with E-state index in [2.05, 4.69) is 40.7 Å². The second-order valence-corrected chi connectivity index (χ2v) is 7.10. The highest BCUT2D eigenvalue weighted by atomic mass is 16.3. The third-order valence-electron chi connectivity index (χ3n) is 4.89. The van der Waals surface area contributed by atoms with Crippen LogP contribution in [0.4, 0.5) is 0 Å². The van der Waals surface area contributed by atoms with E-state index < -0.39 is 0 Å². The molecule has 0 aromatic heterocycles. The second kappa shape index (κ2) is 8.09. The van der Waals surface area contributed by atoms with E-state index in [0.29, 0.717) is 17.8 Å². The Labute approximate surface area is 120 Å². The van der Waals surface area contributed by atoms with Crippen LogP contribution in [0, 0.1) is 23.7 Å². The van der Waals surface area contributed by atoms with Crippen LogP contribution in [0.3, 0.4) is 0 Å². The van der Waals surface area contributed by atoms with Gasteiger partial charge in [-0.2, -0.15) is 0 Å². The summed E-state index contributed by atoms with van der Waals surface area (Å²) in [5, 5.41) is 10.6. The monoisotopic (exact) mass is 266 g/mol. The van der Waals surface area contributed by atoms with E-state index >= 15 is 0 Å². The van der Waals surface area contributed by atoms with Crippen LogP contribution in [0.15, 0.2) is 11.6 Å². The van der Waals surface area contributed by atoms with Gasteiger partial charge in [0.15, 0.2) is 0 Å². The maximum atomic E-state index is 10.6. The highest BCUT2D eigenvalue weighted by Gasteiger charge is 2.34. The highest BCUT2D eigenvalue weighted by molar-refractivity contribution is 5.04. The fourth-order valence-corrected chi connectivity index (χ4v) is 3.62. The van der Waals surface area contributed by atoms with E-state index in [1.807, 2.05) is 0 Å². The molecule has 0 aromatic rings. The number of unbranched alkanes of at least 4 members (excludes halogenated alkanes) is 1. The molecule has 0 saturated heterocycles. The molecular formula is C18H34O. The molecule has 4 atom stereocenters. The SMILES string of the molecule is CCCC/C(C)=C/[C@H](O)[C@@H]1C[C@H](C)CC[C@H]1C(C)C. The molecule has 19 heavy (non-hydrogen) atoms. The minimum absolute atomic E-state index is 0.230. The van der Waals surface area contributed by atoms with Crippen LogP contribution < -0.4 is 0 Å². The summed E-state index contributed by atoms with van der Waals surface area (Å²) in [6.07, 6.45) is 9.36. The summed E-state index contributed by atoms with van der Waals surface area (Å²) >= 11 is 0. The van der Waals surface area contributed by atoms with Gasteiger partial charge in [0.2, 0.25) is 0 Å². The molecule has 0 heterocycles. The summed E-state index contributed by atoms with van der Waals surface area (Å²) in [5.41, 5.74) is 1.37. The molecule has 1 N–H and O–H groups in total. The summed E-state index contributed by atoms with van der Waals surface area (Å²) in [4.78, 5) is 0. The molecule has 112 valence electrons. The summed E-state index contributed by atoms with van der Waals surface area (Å²) in [7, 11) is 0. The van der Waals surface area contributed by atoms with Crippen molar-refractivity contribution in [3.05, 3.63) is 11.6 Å². The van der Waals surface area contributed by atoms with Crippen molar-refractivity contribution in [3.8, 4) is 0 Å². The highest BCUT2D eigenvalue weighted by Crippen LogP contribution is 2.40. The van der Waals surface area contributed by atoms with E-state index in [1.54, 1.807) is 0 Å². The van der Waals surface area contributed by atoms with Crippen LogP contribution in [0.1, 0.15) is 73.1 Å². The van der Waals surface area contributed by atoms with Crippen LogP contribution in [0.2, 0.25) is 0 Å². The molecule has 0 unspecified atom stereocenters. The van der Waals surface area contributed by atoms with Gasteiger partial charge in [-0.25, -0.2) is 0 Å². The zero-order valence-corrected chi connectivity index (χ0v) is 13.7. The Morgan fingerprint density at radius 1 is 1.26 bits per heavy atom. The van der Waals surface area contributed by atoms with Crippen molar-refractivity contribution >= 4 is 0 Å². The Kier molecular flexibility index (Phi) is 7.13. The molecule has 1 nitrogen and oxygen atoms in total. The lowest BCUT2D eigenvalue weighted by Crippen LogP contribution is -2.35. The molecule has 0 aromatic carbocycles. The number of aliphatic hydroxyl groups excluding tert-OH is 1. The molecule has 0 amide bonds. The summed E-state index contributed by atoms with van der Waals surface area (Å²) in [6, 6.07) is 0. The first-order valence-electron chi connectivity index (χ1n) is 8.31. The first-order valence-corrected chi connectivity index (χ1v) is 8.31. The molecule has 0 radical (unpaired) electrons. The molecule has 1 heteroatoms. The van der Waals surface area contributed by atoms with E-state index in [4.69, 9.17) is 0 Å². The van der Waals surface area contributed by atoms with Gasteiger partial charge in [0, 0.05) is 0 Å². The van der Waals surface area contributed by atoms with Gasteiger partial charge in [0.25, 0.3) is 0 Å². The Morgan fingerprint density at radius 2 is 1.95 bits per heavy atom. The number of hydrogen-bond donors (Lipinski definition) is 1. The van der Waals surface area contributed by atoms with Crippen LogP contribution in [0.25, 0.3) is 0 Å². The van der Waals surface area contributed by atoms with Crippen LogP contribution in [-0.4, -0.2) is 11.2 Å². The third-order valence-corrected chi connectivity index (χ3v) is 4.89. The van der Waals surface area contributed by atoms with Gasteiger partial charge in [0.1, 0.15) is 0 Å². The van der Waals surface area contributed by atoms with Gasteiger partial charge in [-0.3, -0.25) is 0 Å². The maximum absolute atomic E-state index is 10.6. The van der Waals surface area contributed by atoms with Crippen molar-refractivity contribution in [2.24, 2.45) is 23.7 Å². The lowest BCUT2D eigenvalue weighted by molar-refractivity contribution is 0.0422. The van der Waals surface area contributed by atoms with Crippen molar-refractivity contribution in [1.29, 1.82) is 0 Å². The summed E-state index contributed by atoms with van der Waals surface area (Å²) in [5.74, 6) is 2.64. The summed E-state index contributed by atoms with van der Waals surface area (Å²) in [6.45, 7) is 11.4. The van der Waals surface area contributed by atoms with Gasteiger partial charge in [-0.15, -0.1) is 0 Å². The average Bonchev–Trinajstić information content (AvgIpc) is 2.35. The number of rotatable bonds is 6. The largest absolute Gasteiger partial charge is 0.389 e. The lowest BCUT2D eigenvalue weighted by Gasteiger charge is -2.39. The Bertz CT molecular complexity index is 279. The van der Waals surface area contributed by atoms with Gasteiger partial charge in [-0.1, -0.05) is 52.2 Å². The van der Waals surface area contributed by atoms with Gasteiger partial charge in [-0.05, 0) is 56.3 Å². The van der Waals surface area contributed by atoms with E-state index in [0.717, 1.165) is 12.3 Å². The predicted octanol–water partition coefficient (Wildman–Crippen LogP) is 5.19. The van der Waals surface area contributed by atoms with Crippen LogP contribution >= 0.6 is 0 Å². The number of aliphatic hydroxyl groups is 1. The van der Waals surface area contributed by atoms with Gasteiger partial charge >= 0.3 is 0 Å². The maximum Gasteiger partial charge on any atom is 0.0754 e. The van der Waals surface area contributed by atoms with Crippen LogP contribution in [0.5, 0.6) is 0 Å². The molecule has 1 rings (SSSR count). The normalized spacial score (nSPS) is 30.7. The standard InChI is InChI=1S/C18H34O/c1-6-7-8-14(4)12-18(19)17-11-15(5)9-10-16(17)13(2)3/h12-13,15-19H,6-11H2,1-5H3/b14-12+/t15-,16+,17-,18+/m1/s1. The topological polar surface area (TPSA) is 20.2 Å². The number of hydrogen-bond acceptors (Lipinski definition) is 1.